The first-order chi connectivity index (χ1) is 19.6. The van der Waals surface area contributed by atoms with Gasteiger partial charge in [0.1, 0.15) is 5.82 Å². The minimum atomic E-state index is -0.268. The molecule has 1 aliphatic heterocycles. The van der Waals surface area contributed by atoms with Crippen LogP contribution in [0.25, 0.3) is 16.9 Å². The zero-order valence-electron chi connectivity index (χ0n) is 25.1. The Morgan fingerprint density at radius 3 is 2.56 bits per heavy atom. The highest BCUT2D eigenvalue weighted by molar-refractivity contribution is 5.97. The minimum absolute atomic E-state index is 0.0988. The van der Waals surface area contributed by atoms with Gasteiger partial charge in [-0.3, -0.25) is 19.5 Å². The van der Waals surface area contributed by atoms with Gasteiger partial charge >= 0.3 is 0 Å². The van der Waals surface area contributed by atoms with E-state index in [0.29, 0.717) is 23.0 Å². The van der Waals surface area contributed by atoms with E-state index in [1.807, 2.05) is 37.7 Å². The van der Waals surface area contributed by atoms with E-state index in [9.17, 15) is 9.59 Å². The van der Waals surface area contributed by atoms with Gasteiger partial charge in [0.05, 0.1) is 7.11 Å². The number of rotatable bonds is 8. The van der Waals surface area contributed by atoms with Crippen molar-refractivity contribution >= 4 is 11.4 Å². The van der Waals surface area contributed by atoms with Crippen LogP contribution in [0.3, 0.4) is 0 Å². The van der Waals surface area contributed by atoms with Crippen LogP contribution < -0.4 is 15.6 Å². The topological polar surface area (TPSA) is 99.9 Å². The maximum absolute atomic E-state index is 13.7. The van der Waals surface area contributed by atoms with Crippen LogP contribution in [0.4, 0.5) is 0 Å². The molecular weight excluding hydrogens is 518 g/mol. The highest BCUT2D eigenvalue weighted by Crippen LogP contribution is 2.33. The molecule has 1 atom stereocenters. The average Bonchev–Trinajstić information content (AvgIpc) is 3.57. The molecule has 1 amide bonds. The fraction of sp³-hybridized carbons (Fsp3) is 0.452. The van der Waals surface area contributed by atoms with Gasteiger partial charge < -0.3 is 23.9 Å². The summed E-state index contributed by atoms with van der Waals surface area (Å²) in [7, 11) is 7.80. The molecule has 0 aromatic carbocycles. The SMILES string of the molecule is COc1cc(C)c(CNC(=O)c2cc3cc(-c4nccn4C)cn3c(C(C)N3CCC(N(C)C)CC3)c2C)c(=O)[nH]1. The number of carbonyl (C=O) groups is 1. The van der Waals surface area contributed by atoms with E-state index in [-0.39, 0.29) is 24.1 Å². The van der Waals surface area contributed by atoms with Crippen LogP contribution in [0.2, 0.25) is 0 Å². The number of ether oxygens (including phenoxy) is 1. The monoisotopic (exact) mass is 559 g/mol. The second-order valence-corrected chi connectivity index (χ2v) is 11.4. The predicted molar refractivity (Wildman–Crippen MR) is 161 cm³/mol. The summed E-state index contributed by atoms with van der Waals surface area (Å²) in [4.78, 5) is 38.4. The molecule has 0 aliphatic carbocycles. The van der Waals surface area contributed by atoms with Crippen molar-refractivity contribution in [3.05, 3.63) is 75.1 Å². The molecule has 218 valence electrons. The Morgan fingerprint density at radius 2 is 1.95 bits per heavy atom. The summed E-state index contributed by atoms with van der Waals surface area (Å²) in [6.45, 7) is 8.22. The standard InChI is InChI=1S/C31H41N7O3/c1-19-14-27(41-7)34-31(40)26(19)17-33-30(39)25-16-24-15-22(29-32-10-13-36(29)6)18-38(24)28(20(25)2)21(3)37-11-8-23(9-12-37)35(4)5/h10,13-16,18,21,23H,8-9,11-12,17H2,1-7H3,(H,33,39)(H,34,40). The van der Waals surface area contributed by atoms with Gasteiger partial charge in [0.2, 0.25) is 0 Å². The van der Waals surface area contributed by atoms with Gasteiger partial charge in [0.15, 0.2) is 5.88 Å². The van der Waals surface area contributed by atoms with Crippen molar-refractivity contribution in [2.45, 2.75) is 52.2 Å². The molecule has 0 spiro atoms. The molecule has 10 heteroatoms. The number of hydrogen-bond acceptors (Lipinski definition) is 6. The first-order valence-electron chi connectivity index (χ1n) is 14.2. The Balaban J connectivity index is 1.52. The zero-order chi connectivity index (χ0) is 29.4. The molecule has 41 heavy (non-hydrogen) atoms. The lowest BCUT2D eigenvalue weighted by atomic mass is 9.97. The lowest BCUT2D eigenvalue weighted by Gasteiger charge is -2.39. The lowest BCUT2D eigenvalue weighted by Crippen LogP contribution is -2.43. The number of methoxy groups -OCH3 is 1. The smallest absolute Gasteiger partial charge is 0.255 e. The van der Waals surface area contributed by atoms with E-state index in [0.717, 1.165) is 59.7 Å². The van der Waals surface area contributed by atoms with E-state index < -0.39 is 0 Å². The number of carbonyl (C=O) groups excluding carboxylic acids is 1. The maximum Gasteiger partial charge on any atom is 0.255 e. The normalized spacial score (nSPS) is 15.5. The van der Waals surface area contributed by atoms with E-state index in [4.69, 9.17) is 4.74 Å². The first kappa shape index (κ1) is 28.6. The number of pyridine rings is 2. The third-order valence-corrected chi connectivity index (χ3v) is 8.67. The largest absolute Gasteiger partial charge is 0.482 e. The summed E-state index contributed by atoms with van der Waals surface area (Å²) in [5, 5.41) is 3.00. The molecule has 0 radical (unpaired) electrons. The number of aryl methyl sites for hydroxylation is 2. The number of nitrogens with zero attached hydrogens (tertiary/aromatic N) is 5. The summed E-state index contributed by atoms with van der Waals surface area (Å²) in [5.74, 6) is 1.06. The van der Waals surface area contributed by atoms with E-state index in [2.05, 4.69) is 62.8 Å². The minimum Gasteiger partial charge on any atom is -0.482 e. The number of aromatic nitrogens is 4. The van der Waals surface area contributed by atoms with Crippen molar-refractivity contribution in [1.29, 1.82) is 0 Å². The Labute approximate surface area is 240 Å². The number of nitrogens with one attached hydrogen (secondary N) is 2. The second-order valence-electron chi connectivity index (χ2n) is 11.4. The number of imidazole rings is 1. The van der Waals surface area contributed by atoms with Gasteiger partial charge in [0.25, 0.3) is 11.5 Å². The molecule has 2 N–H and O–H groups in total. The van der Waals surface area contributed by atoms with Crippen molar-refractivity contribution in [2.24, 2.45) is 7.05 Å². The first-order valence-corrected chi connectivity index (χ1v) is 14.2. The molecule has 1 saturated heterocycles. The van der Waals surface area contributed by atoms with E-state index in [1.54, 1.807) is 12.3 Å². The third-order valence-electron chi connectivity index (χ3n) is 8.67. The van der Waals surface area contributed by atoms with Gasteiger partial charge in [-0.05, 0) is 71.0 Å². The summed E-state index contributed by atoms with van der Waals surface area (Å²) >= 11 is 0. The quantitative estimate of drug-likeness (QED) is 0.342. The van der Waals surface area contributed by atoms with Gasteiger partial charge in [-0.2, -0.15) is 0 Å². The number of fused-ring (bicyclic) bond motifs is 1. The molecule has 0 saturated carbocycles. The Morgan fingerprint density at radius 1 is 1.22 bits per heavy atom. The van der Waals surface area contributed by atoms with Crippen molar-refractivity contribution in [3.8, 4) is 17.3 Å². The molecule has 5 heterocycles. The van der Waals surface area contributed by atoms with Crippen LogP contribution in [0.5, 0.6) is 5.88 Å². The van der Waals surface area contributed by atoms with Crippen molar-refractivity contribution in [3.63, 3.8) is 0 Å². The highest BCUT2D eigenvalue weighted by atomic mass is 16.5. The number of aromatic amines is 1. The fourth-order valence-electron chi connectivity index (χ4n) is 6.13. The average molecular weight is 560 g/mol. The van der Waals surface area contributed by atoms with Crippen LogP contribution >= 0.6 is 0 Å². The summed E-state index contributed by atoms with van der Waals surface area (Å²) in [5.41, 5.74) is 5.56. The van der Waals surface area contributed by atoms with E-state index >= 15 is 0 Å². The molecule has 0 bridgehead atoms. The number of H-pyrrole nitrogens is 1. The van der Waals surface area contributed by atoms with Crippen molar-refractivity contribution < 1.29 is 9.53 Å². The van der Waals surface area contributed by atoms with Gasteiger partial charge in [0, 0.05) is 91.3 Å². The molecule has 1 unspecified atom stereocenters. The molecule has 10 nitrogen and oxygen atoms in total. The molecule has 4 aromatic rings. The molecular formula is C31H41N7O3. The lowest BCUT2D eigenvalue weighted by molar-refractivity contribution is 0.0948. The summed E-state index contributed by atoms with van der Waals surface area (Å²) in [6.07, 6.45) is 8.08. The number of hydrogen-bond donors (Lipinski definition) is 2. The van der Waals surface area contributed by atoms with Gasteiger partial charge in [-0.25, -0.2) is 4.98 Å². The Hall–Kier alpha value is -3.89. The molecule has 1 fully saturated rings. The maximum atomic E-state index is 13.7. The fourth-order valence-corrected chi connectivity index (χ4v) is 6.13. The van der Waals surface area contributed by atoms with Gasteiger partial charge in [-0.1, -0.05) is 0 Å². The Kier molecular flexibility index (Phi) is 8.06. The Bertz CT molecular complexity index is 1620. The van der Waals surface area contributed by atoms with Crippen LogP contribution in [-0.4, -0.2) is 75.0 Å². The second kappa shape index (κ2) is 11.5. The van der Waals surface area contributed by atoms with Crippen molar-refractivity contribution in [1.82, 2.24) is 34.1 Å². The van der Waals surface area contributed by atoms with Gasteiger partial charge in [-0.15, -0.1) is 0 Å². The van der Waals surface area contributed by atoms with Crippen LogP contribution in [0.1, 0.15) is 58.5 Å². The van der Waals surface area contributed by atoms with E-state index in [1.165, 1.54) is 7.11 Å². The zero-order valence-corrected chi connectivity index (χ0v) is 25.1. The van der Waals surface area contributed by atoms with Crippen LogP contribution in [-0.2, 0) is 13.6 Å². The third kappa shape index (κ3) is 5.54. The molecule has 5 rings (SSSR count). The number of amides is 1. The van der Waals surface area contributed by atoms with Crippen LogP contribution in [0.15, 0.2) is 41.6 Å². The summed E-state index contributed by atoms with van der Waals surface area (Å²) in [6, 6.07) is 6.48. The highest BCUT2D eigenvalue weighted by Gasteiger charge is 2.28. The molecule has 1 aliphatic rings. The van der Waals surface area contributed by atoms with Crippen molar-refractivity contribution in [2.75, 3.05) is 34.3 Å². The summed E-state index contributed by atoms with van der Waals surface area (Å²) < 4.78 is 9.38. The number of likely N-dealkylation sites (tertiary alicyclic amines) is 1. The molecule has 4 aromatic heterocycles. The number of piperidine rings is 1. The van der Waals surface area contributed by atoms with Crippen LogP contribution in [0, 0.1) is 13.8 Å². The predicted octanol–water partition coefficient (Wildman–Crippen LogP) is 3.67.